The van der Waals surface area contributed by atoms with E-state index >= 15 is 0 Å². The predicted octanol–water partition coefficient (Wildman–Crippen LogP) is 6.08. The van der Waals surface area contributed by atoms with Gasteiger partial charge in [0.15, 0.2) is 0 Å². The number of ether oxygens (including phenoxy) is 2. The van der Waals surface area contributed by atoms with E-state index < -0.39 is 29.3 Å². The molecular formula is C50H66N6O9. The molecular weight excluding hydrogens is 829 g/mol. The lowest BCUT2D eigenvalue weighted by Crippen LogP contribution is -2.34. The fourth-order valence-electron chi connectivity index (χ4n) is 8.69. The summed E-state index contributed by atoms with van der Waals surface area (Å²) in [6.45, 7) is 12.1. The molecule has 1 aliphatic heterocycles. The van der Waals surface area contributed by atoms with E-state index in [0.29, 0.717) is 44.5 Å². The molecule has 6 atom stereocenters. The zero-order chi connectivity index (χ0) is 46.9. The van der Waals surface area contributed by atoms with Crippen molar-refractivity contribution in [2.75, 3.05) is 32.8 Å². The molecule has 0 radical (unpaired) electrons. The number of allylic oxidation sites excluding steroid dienone is 2. The van der Waals surface area contributed by atoms with Crippen molar-refractivity contribution in [3.63, 3.8) is 0 Å². The van der Waals surface area contributed by atoms with Gasteiger partial charge >= 0.3 is 11.9 Å². The lowest BCUT2D eigenvalue weighted by molar-refractivity contribution is -0.154. The second-order valence-corrected chi connectivity index (χ2v) is 17.6. The van der Waals surface area contributed by atoms with Crippen LogP contribution in [0, 0.1) is 29.1 Å². The maximum Gasteiger partial charge on any atom is 0.334 e. The SMILES string of the molecule is C=CC1CC(/C=C/c2ccccc2)[C@@H]2C(=O)N(CCCCCCN(Cc3cn(C(CC(C)(C)C(=O)OCC)c4ccccc4)nn3)C(=O)CCC(=O)NCCCOC(=O)C(C)O)C(=O)[C@H]12. The van der Waals surface area contributed by atoms with E-state index in [1.807, 2.05) is 86.7 Å². The number of carbonyl (C=O) groups excluding carboxylic acids is 6. The van der Waals surface area contributed by atoms with Crippen LogP contribution < -0.4 is 5.32 Å². The number of benzene rings is 2. The number of imide groups is 1. The number of rotatable bonds is 26. The number of likely N-dealkylation sites (tertiary alicyclic amines) is 1. The number of nitrogens with one attached hydrogen (secondary N) is 1. The Morgan fingerprint density at radius 2 is 1.62 bits per heavy atom. The summed E-state index contributed by atoms with van der Waals surface area (Å²) in [7, 11) is 0. The average Bonchev–Trinajstić information content (AvgIpc) is 3.99. The maximum absolute atomic E-state index is 13.8. The molecule has 4 unspecified atom stereocenters. The van der Waals surface area contributed by atoms with Crippen LogP contribution in [0.4, 0.5) is 0 Å². The van der Waals surface area contributed by atoms with Gasteiger partial charge in [-0.1, -0.05) is 96.9 Å². The number of esters is 2. The van der Waals surface area contributed by atoms with Gasteiger partial charge in [0.2, 0.25) is 23.6 Å². The molecule has 3 aromatic rings. The van der Waals surface area contributed by atoms with Gasteiger partial charge in [-0.25, -0.2) is 9.48 Å². The van der Waals surface area contributed by atoms with E-state index in [4.69, 9.17) is 9.47 Å². The van der Waals surface area contributed by atoms with E-state index in [1.165, 1.54) is 11.8 Å². The zero-order valence-electron chi connectivity index (χ0n) is 38.3. The molecule has 0 spiro atoms. The van der Waals surface area contributed by atoms with Gasteiger partial charge in [0, 0.05) is 32.5 Å². The molecule has 350 valence electrons. The summed E-state index contributed by atoms with van der Waals surface area (Å²) in [6.07, 6.45) is 10.6. The lowest BCUT2D eigenvalue weighted by atomic mass is 9.83. The quantitative estimate of drug-likeness (QED) is 0.0411. The van der Waals surface area contributed by atoms with E-state index in [1.54, 1.807) is 22.7 Å². The van der Waals surface area contributed by atoms with Crippen LogP contribution in [-0.2, 0) is 44.8 Å². The molecule has 1 aliphatic carbocycles. The molecule has 2 N–H and O–H groups in total. The van der Waals surface area contributed by atoms with Crippen LogP contribution in [0.1, 0.15) is 108 Å². The molecule has 2 aliphatic rings. The molecule has 5 rings (SSSR count). The summed E-state index contributed by atoms with van der Waals surface area (Å²) >= 11 is 0. The molecule has 2 fully saturated rings. The smallest absolute Gasteiger partial charge is 0.334 e. The minimum absolute atomic E-state index is 0.0393. The third kappa shape index (κ3) is 14.0. The van der Waals surface area contributed by atoms with E-state index in [0.717, 1.165) is 30.4 Å². The summed E-state index contributed by atoms with van der Waals surface area (Å²) in [5.74, 6) is -2.73. The van der Waals surface area contributed by atoms with Gasteiger partial charge in [-0.15, -0.1) is 11.7 Å². The minimum Gasteiger partial charge on any atom is -0.466 e. The number of fused-ring (bicyclic) bond motifs is 1. The Morgan fingerprint density at radius 1 is 0.938 bits per heavy atom. The first-order valence-corrected chi connectivity index (χ1v) is 23.0. The number of hydrogen-bond acceptors (Lipinski definition) is 11. The zero-order valence-corrected chi connectivity index (χ0v) is 38.3. The number of aliphatic hydroxyl groups excluding tert-OH is 1. The number of carbonyl (C=O) groups is 6. The first-order valence-electron chi connectivity index (χ1n) is 23.0. The van der Waals surface area contributed by atoms with E-state index in [9.17, 15) is 33.9 Å². The molecule has 4 amide bonds. The minimum atomic E-state index is -1.23. The van der Waals surface area contributed by atoms with E-state index in [-0.39, 0.29) is 86.6 Å². The van der Waals surface area contributed by atoms with Crippen LogP contribution in [0.2, 0.25) is 0 Å². The summed E-state index contributed by atoms with van der Waals surface area (Å²) in [6, 6.07) is 19.3. The van der Waals surface area contributed by atoms with Gasteiger partial charge in [0.25, 0.3) is 0 Å². The van der Waals surface area contributed by atoms with Crippen molar-refractivity contribution < 1.29 is 43.3 Å². The van der Waals surface area contributed by atoms with Crippen molar-refractivity contribution in [2.45, 2.75) is 104 Å². The third-order valence-electron chi connectivity index (χ3n) is 12.2. The van der Waals surface area contributed by atoms with Gasteiger partial charge < -0.3 is 24.8 Å². The topological polar surface area (TPSA) is 190 Å². The molecule has 65 heavy (non-hydrogen) atoms. The van der Waals surface area contributed by atoms with Gasteiger partial charge in [0.1, 0.15) is 11.8 Å². The number of aliphatic hydroxyl groups is 1. The Labute approximate surface area is 382 Å². The Balaban J connectivity index is 1.19. The van der Waals surface area contributed by atoms with Crippen molar-refractivity contribution in [1.82, 2.24) is 30.1 Å². The van der Waals surface area contributed by atoms with Crippen LogP contribution in [-0.4, -0.2) is 104 Å². The number of unbranched alkanes of at least 4 members (excludes halogenated alkanes) is 3. The Hall–Kier alpha value is -5.96. The predicted molar refractivity (Wildman–Crippen MR) is 244 cm³/mol. The second kappa shape index (κ2) is 24.4. The van der Waals surface area contributed by atoms with Crippen molar-refractivity contribution in [1.29, 1.82) is 0 Å². The fraction of sp³-hybridized carbons (Fsp3) is 0.520. The molecule has 2 aromatic carbocycles. The number of amides is 4. The summed E-state index contributed by atoms with van der Waals surface area (Å²) < 4.78 is 12.0. The third-order valence-corrected chi connectivity index (χ3v) is 12.2. The monoisotopic (exact) mass is 894 g/mol. The van der Waals surface area contributed by atoms with Gasteiger partial charge in [-0.2, -0.15) is 0 Å². The van der Waals surface area contributed by atoms with Gasteiger partial charge in [0.05, 0.1) is 49.2 Å². The largest absolute Gasteiger partial charge is 0.466 e. The highest BCUT2D eigenvalue weighted by Gasteiger charge is 2.56. The Bertz CT molecular complexity index is 2100. The molecule has 15 nitrogen and oxygen atoms in total. The molecule has 15 heteroatoms. The molecule has 0 bridgehead atoms. The van der Waals surface area contributed by atoms with Gasteiger partial charge in [-0.05, 0) is 82.8 Å². The molecule has 1 saturated carbocycles. The van der Waals surface area contributed by atoms with Crippen molar-refractivity contribution >= 4 is 41.6 Å². The van der Waals surface area contributed by atoms with Crippen molar-refractivity contribution in [2.24, 2.45) is 29.1 Å². The molecule has 2 heterocycles. The van der Waals surface area contributed by atoms with Crippen LogP contribution in [0.5, 0.6) is 0 Å². The van der Waals surface area contributed by atoms with Crippen LogP contribution in [0.25, 0.3) is 6.08 Å². The Morgan fingerprint density at radius 3 is 2.29 bits per heavy atom. The standard InChI is InChI=1S/C50H66N6O9/c1-6-37-31-39(24-23-36-19-12-10-13-20-36)45-44(37)46(60)55(47(45)61)29-17-9-8-16-28-54(43(59)26-25-42(58)51-27-18-30-65-48(62)35(3)57)33-40-34-56(53-52-40)41(38-21-14-11-15-22-38)32-50(4,5)49(63)64-7-2/h6,10-15,19-24,34-35,37,39,41,44-45,57H,1,7-9,16-18,25-33H2,2-5H3,(H,51,58)/b24-23+/t35?,37?,39?,41?,44-,45+/m1/s1. The molecule has 1 saturated heterocycles. The number of hydrogen-bond donors (Lipinski definition) is 2. The highest BCUT2D eigenvalue weighted by molar-refractivity contribution is 6.06. The maximum atomic E-state index is 13.8. The number of nitrogens with zero attached hydrogens (tertiary/aromatic N) is 5. The Kier molecular flexibility index (Phi) is 18.8. The average molecular weight is 895 g/mol. The first kappa shape index (κ1) is 50.0. The highest BCUT2D eigenvalue weighted by atomic mass is 16.5. The molecule has 1 aromatic heterocycles. The number of aromatic nitrogens is 3. The lowest BCUT2D eigenvalue weighted by Gasteiger charge is -2.28. The van der Waals surface area contributed by atoms with Crippen molar-refractivity contribution in [3.05, 3.63) is 102 Å². The van der Waals surface area contributed by atoms with Crippen molar-refractivity contribution in [3.8, 4) is 0 Å². The van der Waals surface area contributed by atoms with Gasteiger partial charge in [-0.3, -0.25) is 28.9 Å². The summed E-state index contributed by atoms with van der Waals surface area (Å²) in [5, 5.41) is 20.9. The fourth-order valence-corrected chi connectivity index (χ4v) is 8.69. The second-order valence-electron chi connectivity index (χ2n) is 17.6. The first-order chi connectivity index (χ1) is 31.2. The summed E-state index contributed by atoms with van der Waals surface area (Å²) in [5.41, 5.74) is 1.68. The van der Waals surface area contributed by atoms with Crippen LogP contribution >= 0.6 is 0 Å². The van der Waals surface area contributed by atoms with Crippen LogP contribution in [0.3, 0.4) is 0 Å². The normalized spacial score (nSPS) is 19.2. The van der Waals surface area contributed by atoms with E-state index in [2.05, 4.69) is 28.3 Å². The van der Waals surface area contributed by atoms with Crippen LogP contribution in [0.15, 0.2) is 85.6 Å². The summed E-state index contributed by atoms with van der Waals surface area (Å²) in [4.78, 5) is 81.4. The highest BCUT2D eigenvalue weighted by Crippen LogP contribution is 2.49.